The van der Waals surface area contributed by atoms with E-state index in [0.717, 1.165) is 31.8 Å². The van der Waals surface area contributed by atoms with Gasteiger partial charge in [0.1, 0.15) is 5.82 Å². The van der Waals surface area contributed by atoms with Crippen molar-refractivity contribution < 1.29 is 0 Å². The van der Waals surface area contributed by atoms with Crippen LogP contribution in [0.3, 0.4) is 0 Å². The Balaban J connectivity index is 1.56. The first-order chi connectivity index (χ1) is 7.45. The Hall–Kier alpha value is -1.13. The predicted molar refractivity (Wildman–Crippen MR) is 62.9 cm³/mol. The van der Waals surface area contributed by atoms with Gasteiger partial charge in [-0.2, -0.15) is 0 Å². The summed E-state index contributed by atoms with van der Waals surface area (Å²) in [4.78, 5) is 8.68. The molecule has 0 bridgehead atoms. The van der Waals surface area contributed by atoms with Crippen LogP contribution in [0.1, 0.15) is 17.1 Å². The molecule has 0 amide bonds. The second-order valence-electron chi connectivity index (χ2n) is 3.40. The van der Waals surface area contributed by atoms with Gasteiger partial charge in [0.2, 0.25) is 0 Å². The van der Waals surface area contributed by atoms with Crippen LogP contribution in [0.25, 0.3) is 0 Å². The molecule has 2 aromatic rings. The number of H-pyrrole nitrogens is 1. The molecule has 0 spiro atoms. The second kappa shape index (κ2) is 5.68. The molecule has 2 N–H and O–H groups in total. The minimum atomic E-state index is 0.982. The number of aryl methyl sites for hydroxylation is 1. The number of aromatic amines is 1. The van der Waals surface area contributed by atoms with E-state index < -0.39 is 0 Å². The standard InChI is InChI=1S/C11H15N3S/c1(4-11-13-6-7-14-11)5-12-9-10-3-2-8-15-10/h2-3,6-8,12H,1,4-5,9H2,(H,13,14). The number of imidazole rings is 1. The van der Waals surface area contributed by atoms with Crippen LogP contribution in [-0.4, -0.2) is 16.5 Å². The average molecular weight is 221 g/mol. The maximum Gasteiger partial charge on any atom is 0.106 e. The number of hydrogen-bond acceptors (Lipinski definition) is 3. The molecule has 2 rings (SSSR count). The van der Waals surface area contributed by atoms with Crippen LogP contribution in [0.5, 0.6) is 0 Å². The number of rotatable bonds is 6. The van der Waals surface area contributed by atoms with E-state index in [1.54, 1.807) is 17.5 Å². The van der Waals surface area contributed by atoms with E-state index in [2.05, 4.69) is 32.8 Å². The van der Waals surface area contributed by atoms with Gasteiger partial charge in [0, 0.05) is 30.2 Å². The molecule has 0 atom stereocenters. The van der Waals surface area contributed by atoms with Crippen LogP contribution in [0.4, 0.5) is 0 Å². The van der Waals surface area contributed by atoms with Gasteiger partial charge in [0.15, 0.2) is 0 Å². The number of nitrogens with zero attached hydrogens (tertiary/aromatic N) is 1. The Labute approximate surface area is 93.6 Å². The number of hydrogen-bond donors (Lipinski definition) is 2. The van der Waals surface area contributed by atoms with Gasteiger partial charge in [-0.15, -0.1) is 11.3 Å². The first kappa shape index (κ1) is 10.4. The third-order valence-corrected chi connectivity index (χ3v) is 3.08. The maximum atomic E-state index is 4.18. The van der Waals surface area contributed by atoms with E-state index in [1.807, 2.05) is 6.20 Å². The molecule has 0 saturated carbocycles. The summed E-state index contributed by atoms with van der Waals surface area (Å²) in [5.41, 5.74) is 0. The molecule has 15 heavy (non-hydrogen) atoms. The molecular formula is C11H15N3S. The molecule has 80 valence electrons. The van der Waals surface area contributed by atoms with Crippen LogP contribution in [0.2, 0.25) is 0 Å². The van der Waals surface area contributed by atoms with Gasteiger partial charge in [0.05, 0.1) is 0 Å². The Morgan fingerprint density at radius 2 is 2.47 bits per heavy atom. The van der Waals surface area contributed by atoms with Crippen molar-refractivity contribution in [1.29, 1.82) is 0 Å². The predicted octanol–water partition coefficient (Wildman–Crippen LogP) is 2.19. The van der Waals surface area contributed by atoms with Gasteiger partial charge >= 0.3 is 0 Å². The third kappa shape index (κ3) is 3.49. The summed E-state index contributed by atoms with van der Waals surface area (Å²) < 4.78 is 0. The van der Waals surface area contributed by atoms with E-state index in [4.69, 9.17) is 0 Å². The zero-order valence-corrected chi connectivity index (χ0v) is 9.39. The summed E-state index contributed by atoms with van der Waals surface area (Å²) in [6.07, 6.45) is 5.81. The fourth-order valence-electron chi connectivity index (χ4n) is 1.44. The molecule has 0 fully saturated rings. The first-order valence-corrected chi connectivity index (χ1v) is 6.04. The van der Waals surface area contributed by atoms with E-state index in [-0.39, 0.29) is 0 Å². The molecular weight excluding hydrogens is 206 g/mol. The zero-order chi connectivity index (χ0) is 10.3. The van der Waals surface area contributed by atoms with Crippen molar-refractivity contribution in [3.05, 3.63) is 40.6 Å². The highest BCUT2D eigenvalue weighted by atomic mass is 32.1. The SMILES string of the molecule is c1csc(CNCCCc2ncc[nH]2)c1. The lowest BCUT2D eigenvalue weighted by molar-refractivity contribution is 0.645. The summed E-state index contributed by atoms with van der Waals surface area (Å²) >= 11 is 1.80. The topological polar surface area (TPSA) is 40.7 Å². The molecule has 3 nitrogen and oxygen atoms in total. The van der Waals surface area contributed by atoms with E-state index >= 15 is 0 Å². The molecule has 4 heteroatoms. The molecule has 2 heterocycles. The van der Waals surface area contributed by atoms with Crippen LogP contribution >= 0.6 is 11.3 Å². The minimum Gasteiger partial charge on any atom is -0.349 e. The Bertz CT molecular complexity index is 317. The van der Waals surface area contributed by atoms with E-state index in [0.29, 0.717) is 0 Å². The zero-order valence-electron chi connectivity index (χ0n) is 8.57. The van der Waals surface area contributed by atoms with Crippen LogP contribution in [-0.2, 0) is 13.0 Å². The van der Waals surface area contributed by atoms with Crippen molar-refractivity contribution in [2.24, 2.45) is 0 Å². The normalized spacial score (nSPS) is 10.7. The van der Waals surface area contributed by atoms with Gasteiger partial charge in [-0.1, -0.05) is 6.07 Å². The summed E-state index contributed by atoms with van der Waals surface area (Å²) in [6.45, 7) is 2.02. The Morgan fingerprint density at radius 3 is 3.20 bits per heavy atom. The molecule has 0 aliphatic heterocycles. The van der Waals surface area contributed by atoms with E-state index in [1.165, 1.54) is 4.88 Å². The van der Waals surface area contributed by atoms with Crippen LogP contribution < -0.4 is 5.32 Å². The lowest BCUT2D eigenvalue weighted by atomic mass is 10.3. The fourth-order valence-corrected chi connectivity index (χ4v) is 2.11. The van der Waals surface area contributed by atoms with Crippen molar-refractivity contribution >= 4 is 11.3 Å². The molecule has 2 aromatic heterocycles. The van der Waals surface area contributed by atoms with Crippen molar-refractivity contribution in [1.82, 2.24) is 15.3 Å². The van der Waals surface area contributed by atoms with Crippen molar-refractivity contribution in [3.63, 3.8) is 0 Å². The van der Waals surface area contributed by atoms with Crippen molar-refractivity contribution in [3.8, 4) is 0 Å². The van der Waals surface area contributed by atoms with Gasteiger partial charge in [0.25, 0.3) is 0 Å². The smallest absolute Gasteiger partial charge is 0.106 e. The lowest BCUT2D eigenvalue weighted by Crippen LogP contribution is -2.14. The highest BCUT2D eigenvalue weighted by molar-refractivity contribution is 7.09. The van der Waals surface area contributed by atoms with Gasteiger partial charge in [-0.25, -0.2) is 4.98 Å². The highest BCUT2D eigenvalue weighted by Gasteiger charge is 1.95. The van der Waals surface area contributed by atoms with Crippen LogP contribution in [0.15, 0.2) is 29.9 Å². The largest absolute Gasteiger partial charge is 0.349 e. The maximum absolute atomic E-state index is 4.18. The molecule has 0 unspecified atom stereocenters. The molecule has 0 radical (unpaired) electrons. The number of aromatic nitrogens is 2. The highest BCUT2D eigenvalue weighted by Crippen LogP contribution is 2.07. The minimum absolute atomic E-state index is 0.982. The Morgan fingerprint density at radius 1 is 1.47 bits per heavy atom. The van der Waals surface area contributed by atoms with Crippen LogP contribution in [0, 0.1) is 0 Å². The van der Waals surface area contributed by atoms with E-state index in [9.17, 15) is 0 Å². The van der Waals surface area contributed by atoms with Crippen molar-refractivity contribution in [2.75, 3.05) is 6.54 Å². The average Bonchev–Trinajstić information content (AvgIpc) is 2.88. The summed E-state index contributed by atoms with van der Waals surface area (Å²) in [6, 6.07) is 4.24. The van der Waals surface area contributed by atoms with Crippen molar-refractivity contribution in [2.45, 2.75) is 19.4 Å². The van der Waals surface area contributed by atoms with Gasteiger partial charge in [-0.05, 0) is 24.4 Å². The first-order valence-electron chi connectivity index (χ1n) is 5.16. The molecule has 0 saturated heterocycles. The van der Waals surface area contributed by atoms with Gasteiger partial charge < -0.3 is 10.3 Å². The Kier molecular flexibility index (Phi) is 3.93. The molecule has 0 aromatic carbocycles. The summed E-state index contributed by atoms with van der Waals surface area (Å²) in [5, 5.41) is 5.53. The number of thiophene rings is 1. The number of nitrogens with one attached hydrogen (secondary N) is 2. The second-order valence-corrected chi connectivity index (χ2v) is 4.43. The lowest BCUT2D eigenvalue weighted by Gasteiger charge is -2.01. The molecule has 0 aliphatic carbocycles. The fraction of sp³-hybridized carbons (Fsp3) is 0.364. The molecule has 0 aliphatic rings. The monoisotopic (exact) mass is 221 g/mol. The summed E-state index contributed by atoms with van der Waals surface area (Å²) in [7, 11) is 0. The quantitative estimate of drug-likeness (QED) is 0.734. The third-order valence-electron chi connectivity index (χ3n) is 2.20. The van der Waals surface area contributed by atoms with Gasteiger partial charge in [-0.3, -0.25) is 0 Å². The summed E-state index contributed by atoms with van der Waals surface area (Å²) in [5.74, 6) is 1.08.